The zero-order chi connectivity index (χ0) is 6.85. The van der Waals surface area contributed by atoms with Gasteiger partial charge in [-0.05, 0) is 25.2 Å². The van der Waals surface area contributed by atoms with Gasteiger partial charge in [-0.15, -0.1) is 0 Å². The van der Waals surface area contributed by atoms with Crippen LogP contribution in [0.3, 0.4) is 0 Å². The Labute approximate surface area is 56.1 Å². The molecule has 1 saturated carbocycles. The third kappa shape index (κ3) is 1.66. The highest BCUT2D eigenvalue weighted by atomic mass is 16.3. The first-order chi connectivity index (χ1) is 4.20. The summed E-state index contributed by atoms with van der Waals surface area (Å²) in [5.41, 5.74) is 5.63. The molecular formula is C7H15NO. The quantitative estimate of drug-likeness (QED) is 0.500. The Morgan fingerprint density at radius 2 is 2.11 bits per heavy atom. The van der Waals surface area contributed by atoms with Crippen molar-refractivity contribution in [2.75, 3.05) is 0 Å². The van der Waals surface area contributed by atoms with E-state index in [1.54, 1.807) is 0 Å². The monoisotopic (exact) mass is 129 g/mol. The molecule has 0 aliphatic heterocycles. The molecule has 1 aliphatic carbocycles. The Kier molecular flexibility index (Phi) is 2.09. The lowest BCUT2D eigenvalue weighted by atomic mass is 9.85. The fourth-order valence-corrected chi connectivity index (χ4v) is 1.33. The van der Waals surface area contributed by atoms with Gasteiger partial charge in [0.05, 0.1) is 6.10 Å². The van der Waals surface area contributed by atoms with Crippen molar-refractivity contribution in [3.8, 4) is 0 Å². The summed E-state index contributed by atoms with van der Waals surface area (Å²) in [7, 11) is 0. The van der Waals surface area contributed by atoms with E-state index >= 15 is 0 Å². The van der Waals surface area contributed by atoms with Crippen LogP contribution in [-0.2, 0) is 0 Å². The molecule has 0 amide bonds. The molecule has 0 aromatic carbocycles. The first-order valence-electron chi connectivity index (χ1n) is 3.64. The average Bonchev–Trinajstić information content (AvgIpc) is 1.80. The van der Waals surface area contributed by atoms with Crippen LogP contribution in [0.1, 0.15) is 26.2 Å². The van der Waals surface area contributed by atoms with Crippen LogP contribution in [0, 0.1) is 5.92 Å². The maximum atomic E-state index is 9.27. The maximum Gasteiger partial charge on any atom is 0.0580 e. The molecule has 0 heterocycles. The predicted octanol–water partition coefficient (Wildman–Crippen LogP) is 0.495. The van der Waals surface area contributed by atoms with Crippen LogP contribution in [0.4, 0.5) is 0 Å². The zero-order valence-corrected chi connectivity index (χ0v) is 5.88. The van der Waals surface area contributed by atoms with Gasteiger partial charge >= 0.3 is 0 Å². The first kappa shape index (κ1) is 7.03. The van der Waals surface area contributed by atoms with E-state index in [0.29, 0.717) is 5.92 Å². The molecule has 0 radical (unpaired) electrons. The number of nitrogens with two attached hydrogens (primary N) is 1. The van der Waals surface area contributed by atoms with Crippen LogP contribution in [-0.4, -0.2) is 17.3 Å². The lowest BCUT2D eigenvalue weighted by molar-refractivity contribution is 0.0708. The Balaban J connectivity index is 2.35. The third-order valence-electron chi connectivity index (χ3n) is 2.19. The zero-order valence-electron chi connectivity index (χ0n) is 5.88. The SMILES string of the molecule is C[C@H]1CC[C@H](N)C[C@@H]1O. The Morgan fingerprint density at radius 1 is 1.44 bits per heavy atom. The molecule has 3 N–H and O–H groups in total. The van der Waals surface area contributed by atoms with Crippen LogP contribution < -0.4 is 5.73 Å². The van der Waals surface area contributed by atoms with Crippen LogP contribution in [0.5, 0.6) is 0 Å². The van der Waals surface area contributed by atoms with Crippen molar-refractivity contribution in [2.24, 2.45) is 11.7 Å². The van der Waals surface area contributed by atoms with Crippen molar-refractivity contribution in [2.45, 2.75) is 38.3 Å². The smallest absolute Gasteiger partial charge is 0.0580 e. The van der Waals surface area contributed by atoms with Gasteiger partial charge in [0.25, 0.3) is 0 Å². The molecule has 0 saturated heterocycles. The van der Waals surface area contributed by atoms with Crippen LogP contribution in [0.15, 0.2) is 0 Å². The molecule has 1 rings (SSSR count). The molecule has 54 valence electrons. The second-order valence-electron chi connectivity index (χ2n) is 3.12. The topological polar surface area (TPSA) is 46.2 Å². The normalized spacial score (nSPS) is 45.0. The van der Waals surface area contributed by atoms with Gasteiger partial charge < -0.3 is 10.8 Å². The van der Waals surface area contributed by atoms with Crippen LogP contribution in [0.25, 0.3) is 0 Å². The third-order valence-corrected chi connectivity index (χ3v) is 2.19. The van der Waals surface area contributed by atoms with Gasteiger partial charge in [-0.2, -0.15) is 0 Å². The average molecular weight is 129 g/mol. The second-order valence-corrected chi connectivity index (χ2v) is 3.12. The molecule has 0 unspecified atom stereocenters. The maximum absolute atomic E-state index is 9.27. The molecule has 0 aromatic rings. The van der Waals surface area contributed by atoms with Gasteiger partial charge in [0.15, 0.2) is 0 Å². The Hall–Kier alpha value is -0.0800. The minimum absolute atomic E-state index is 0.145. The number of aliphatic hydroxyl groups excluding tert-OH is 1. The van der Waals surface area contributed by atoms with E-state index < -0.39 is 0 Å². The van der Waals surface area contributed by atoms with E-state index in [4.69, 9.17) is 5.73 Å². The Bertz CT molecular complexity index is 94.9. The van der Waals surface area contributed by atoms with E-state index in [0.717, 1.165) is 19.3 Å². The van der Waals surface area contributed by atoms with E-state index in [2.05, 4.69) is 6.92 Å². The summed E-state index contributed by atoms with van der Waals surface area (Å²) in [6, 6.07) is 0.246. The lowest BCUT2D eigenvalue weighted by Gasteiger charge is -2.28. The van der Waals surface area contributed by atoms with Gasteiger partial charge in [0.1, 0.15) is 0 Å². The Morgan fingerprint density at radius 3 is 2.56 bits per heavy atom. The number of hydrogen-bond donors (Lipinski definition) is 2. The standard InChI is InChI=1S/C7H15NO/c1-5-2-3-6(8)4-7(5)9/h5-7,9H,2-4,8H2,1H3/t5-,6-,7-/m0/s1. The van der Waals surface area contributed by atoms with Gasteiger partial charge in [0, 0.05) is 6.04 Å². The molecule has 0 spiro atoms. The van der Waals surface area contributed by atoms with Crippen LogP contribution >= 0.6 is 0 Å². The van der Waals surface area contributed by atoms with Crippen molar-refractivity contribution in [1.82, 2.24) is 0 Å². The lowest BCUT2D eigenvalue weighted by Crippen LogP contribution is -2.35. The second kappa shape index (κ2) is 2.67. The first-order valence-corrected chi connectivity index (χ1v) is 3.64. The largest absolute Gasteiger partial charge is 0.393 e. The summed E-state index contributed by atoms with van der Waals surface area (Å²) in [5.74, 6) is 0.463. The van der Waals surface area contributed by atoms with E-state index in [-0.39, 0.29) is 12.1 Å². The number of hydrogen-bond acceptors (Lipinski definition) is 2. The summed E-state index contributed by atoms with van der Waals surface area (Å²) >= 11 is 0. The van der Waals surface area contributed by atoms with Crippen molar-refractivity contribution in [1.29, 1.82) is 0 Å². The highest BCUT2D eigenvalue weighted by Gasteiger charge is 2.22. The van der Waals surface area contributed by atoms with Crippen molar-refractivity contribution >= 4 is 0 Å². The van der Waals surface area contributed by atoms with Crippen molar-refractivity contribution in [3.63, 3.8) is 0 Å². The summed E-state index contributed by atoms with van der Waals surface area (Å²) in [6.07, 6.45) is 2.82. The molecule has 2 nitrogen and oxygen atoms in total. The van der Waals surface area contributed by atoms with E-state index in [1.165, 1.54) is 0 Å². The molecular weight excluding hydrogens is 114 g/mol. The fraction of sp³-hybridized carbons (Fsp3) is 1.00. The summed E-state index contributed by atoms with van der Waals surface area (Å²) < 4.78 is 0. The van der Waals surface area contributed by atoms with Crippen molar-refractivity contribution < 1.29 is 5.11 Å². The minimum Gasteiger partial charge on any atom is -0.393 e. The molecule has 2 heteroatoms. The number of rotatable bonds is 0. The van der Waals surface area contributed by atoms with Gasteiger partial charge in [-0.1, -0.05) is 6.92 Å². The summed E-state index contributed by atoms with van der Waals surface area (Å²) in [4.78, 5) is 0. The summed E-state index contributed by atoms with van der Waals surface area (Å²) in [5, 5.41) is 9.27. The van der Waals surface area contributed by atoms with Gasteiger partial charge in [-0.3, -0.25) is 0 Å². The molecule has 1 fully saturated rings. The van der Waals surface area contributed by atoms with Crippen molar-refractivity contribution in [3.05, 3.63) is 0 Å². The molecule has 0 aromatic heterocycles. The minimum atomic E-state index is -0.145. The van der Waals surface area contributed by atoms with E-state index in [1.807, 2.05) is 0 Å². The highest BCUT2D eigenvalue weighted by molar-refractivity contribution is 4.78. The number of aliphatic hydroxyl groups is 1. The summed E-state index contributed by atoms with van der Waals surface area (Å²) in [6.45, 7) is 2.08. The fourth-order valence-electron chi connectivity index (χ4n) is 1.33. The van der Waals surface area contributed by atoms with E-state index in [9.17, 15) is 5.11 Å². The van der Waals surface area contributed by atoms with Gasteiger partial charge in [0.2, 0.25) is 0 Å². The molecule has 1 aliphatic rings. The predicted molar refractivity (Wildman–Crippen MR) is 37.0 cm³/mol. The van der Waals surface area contributed by atoms with Gasteiger partial charge in [-0.25, -0.2) is 0 Å². The molecule has 3 atom stereocenters. The highest BCUT2D eigenvalue weighted by Crippen LogP contribution is 2.22. The van der Waals surface area contributed by atoms with Crippen LogP contribution in [0.2, 0.25) is 0 Å². The molecule has 9 heavy (non-hydrogen) atoms. The molecule has 0 bridgehead atoms.